The van der Waals surface area contributed by atoms with Crippen LogP contribution >= 0.6 is 0 Å². The van der Waals surface area contributed by atoms with Gasteiger partial charge >= 0.3 is 6.03 Å². The number of carbonyl (C=O) groups excluding carboxylic acids is 1. The van der Waals surface area contributed by atoms with Crippen molar-refractivity contribution < 1.29 is 9.53 Å². The van der Waals surface area contributed by atoms with Gasteiger partial charge in [0.25, 0.3) is 0 Å². The molecule has 0 bridgehead atoms. The van der Waals surface area contributed by atoms with Crippen LogP contribution in [-0.4, -0.2) is 67.3 Å². The zero-order valence-electron chi connectivity index (χ0n) is 15.6. The van der Waals surface area contributed by atoms with Crippen molar-refractivity contribution >= 4 is 6.03 Å². The number of urea groups is 1. The minimum Gasteiger partial charge on any atom is -0.381 e. The van der Waals surface area contributed by atoms with Crippen LogP contribution in [0.5, 0.6) is 0 Å². The number of rotatable bonds is 7. The van der Waals surface area contributed by atoms with Gasteiger partial charge in [-0.2, -0.15) is 0 Å². The lowest BCUT2D eigenvalue weighted by atomic mass is 9.99. The van der Waals surface area contributed by atoms with Crippen LogP contribution in [-0.2, 0) is 11.2 Å². The maximum Gasteiger partial charge on any atom is 0.317 e. The molecule has 26 heavy (non-hydrogen) atoms. The lowest BCUT2D eigenvalue weighted by Gasteiger charge is -2.49. The maximum absolute atomic E-state index is 12.4. The number of benzene rings is 1. The van der Waals surface area contributed by atoms with E-state index >= 15 is 0 Å². The van der Waals surface area contributed by atoms with E-state index in [1.54, 1.807) is 0 Å². The Morgan fingerprint density at radius 2 is 1.81 bits per heavy atom. The highest BCUT2D eigenvalue weighted by Gasteiger charge is 2.40. The highest BCUT2D eigenvalue weighted by atomic mass is 16.5. The van der Waals surface area contributed by atoms with Crippen molar-refractivity contribution in [3.63, 3.8) is 0 Å². The molecule has 1 aromatic carbocycles. The van der Waals surface area contributed by atoms with Crippen molar-refractivity contribution in [1.29, 1.82) is 0 Å². The Kier molecular flexibility index (Phi) is 5.75. The van der Waals surface area contributed by atoms with Crippen LogP contribution < -0.4 is 5.32 Å². The fraction of sp³-hybridized carbons (Fsp3) is 0.667. The predicted octanol–water partition coefficient (Wildman–Crippen LogP) is 2.51. The standard InChI is InChI=1S/C21H31N3O2/c25-21(22-11-8-17-4-2-1-3-5-17)23-15-20(16-23)24(14-18-6-7-18)19-9-12-26-13-10-19/h1-5,18-20H,6-16H2,(H,22,25). The van der Waals surface area contributed by atoms with Crippen molar-refractivity contribution in [2.45, 2.75) is 44.2 Å². The monoisotopic (exact) mass is 357 g/mol. The van der Waals surface area contributed by atoms with E-state index in [0.29, 0.717) is 18.6 Å². The normalized spacial score (nSPS) is 21.7. The molecule has 5 nitrogen and oxygen atoms in total. The second-order valence-electron chi connectivity index (χ2n) is 8.01. The molecule has 2 saturated heterocycles. The van der Waals surface area contributed by atoms with Gasteiger partial charge in [-0.25, -0.2) is 4.79 Å². The molecule has 2 amide bonds. The van der Waals surface area contributed by atoms with Crippen molar-refractivity contribution in [3.8, 4) is 0 Å². The summed E-state index contributed by atoms with van der Waals surface area (Å²) in [5.41, 5.74) is 1.27. The molecule has 1 aromatic rings. The molecular weight excluding hydrogens is 326 g/mol. The van der Waals surface area contributed by atoms with Crippen LogP contribution in [0.4, 0.5) is 4.79 Å². The third-order valence-corrected chi connectivity index (χ3v) is 5.98. The highest BCUT2D eigenvalue weighted by Crippen LogP contribution is 2.33. The summed E-state index contributed by atoms with van der Waals surface area (Å²) in [5.74, 6) is 0.895. The molecule has 5 heteroatoms. The van der Waals surface area contributed by atoms with Gasteiger partial charge in [0.2, 0.25) is 0 Å². The third kappa shape index (κ3) is 4.57. The number of hydrogen-bond donors (Lipinski definition) is 1. The van der Waals surface area contributed by atoms with E-state index in [1.807, 2.05) is 23.1 Å². The van der Waals surface area contributed by atoms with Crippen molar-refractivity contribution in [2.75, 3.05) is 39.4 Å². The smallest absolute Gasteiger partial charge is 0.317 e. The SMILES string of the molecule is O=C(NCCc1ccccc1)N1CC(N(CC2CC2)C2CCOCC2)C1. The Balaban J connectivity index is 1.21. The van der Waals surface area contributed by atoms with Gasteiger partial charge in [-0.05, 0) is 43.6 Å². The summed E-state index contributed by atoms with van der Waals surface area (Å²) in [4.78, 5) is 17.0. The Morgan fingerprint density at radius 1 is 1.08 bits per heavy atom. The van der Waals surface area contributed by atoms with Crippen LogP contribution in [0, 0.1) is 5.92 Å². The summed E-state index contributed by atoms with van der Waals surface area (Å²) >= 11 is 0. The van der Waals surface area contributed by atoms with Gasteiger partial charge in [0.1, 0.15) is 0 Å². The minimum absolute atomic E-state index is 0.0931. The molecule has 1 saturated carbocycles. The van der Waals surface area contributed by atoms with E-state index in [2.05, 4.69) is 22.3 Å². The van der Waals surface area contributed by atoms with E-state index in [1.165, 1.54) is 24.9 Å². The summed E-state index contributed by atoms with van der Waals surface area (Å²) in [7, 11) is 0. The molecule has 0 radical (unpaired) electrons. The van der Waals surface area contributed by atoms with E-state index in [0.717, 1.165) is 51.5 Å². The first kappa shape index (κ1) is 17.8. The zero-order chi connectivity index (χ0) is 17.8. The van der Waals surface area contributed by atoms with Crippen molar-refractivity contribution in [3.05, 3.63) is 35.9 Å². The molecule has 2 aliphatic heterocycles. The maximum atomic E-state index is 12.4. The summed E-state index contributed by atoms with van der Waals surface area (Å²) in [6.07, 6.45) is 5.95. The molecule has 0 spiro atoms. The fourth-order valence-corrected chi connectivity index (χ4v) is 4.11. The molecule has 0 aromatic heterocycles. The molecule has 2 heterocycles. The largest absolute Gasteiger partial charge is 0.381 e. The average Bonchev–Trinajstić information content (AvgIpc) is 3.45. The van der Waals surface area contributed by atoms with Gasteiger partial charge in [-0.1, -0.05) is 30.3 Å². The molecule has 142 valence electrons. The lowest BCUT2D eigenvalue weighted by molar-refractivity contribution is -0.0213. The molecular formula is C21H31N3O2. The Morgan fingerprint density at radius 3 is 2.50 bits per heavy atom. The van der Waals surface area contributed by atoms with Crippen molar-refractivity contribution in [2.24, 2.45) is 5.92 Å². The summed E-state index contributed by atoms with van der Waals surface area (Å²) < 4.78 is 5.54. The number of hydrogen-bond acceptors (Lipinski definition) is 3. The summed E-state index contributed by atoms with van der Waals surface area (Å²) in [5, 5.41) is 3.07. The first-order valence-corrected chi connectivity index (χ1v) is 10.2. The van der Waals surface area contributed by atoms with Gasteiger partial charge in [0, 0.05) is 51.5 Å². The number of likely N-dealkylation sites (tertiary alicyclic amines) is 1. The summed E-state index contributed by atoms with van der Waals surface area (Å²) in [6.45, 7) is 5.46. The molecule has 3 aliphatic rings. The van der Waals surface area contributed by atoms with E-state index in [4.69, 9.17) is 4.74 Å². The Bertz CT molecular complexity index is 578. The number of ether oxygens (including phenoxy) is 1. The van der Waals surface area contributed by atoms with E-state index in [9.17, 15) is 4.79 Å². The fourth-order valence-electron chi connectivity index (χ4n) is 4.11. The van der Waals surface area contributed by atoms with Crippen LogP contribution in [0.15, 0.2) is 30.3 Å². The molecule has 3 fully saturated rings. The third-order valence-electron chi connectivity index (χ3n) is 5.98. The number of nitrogens with one attached hydrogen (secondary N) is 1. The molecule has 1 aliphatic carbocycles. The number of amides is 2. The Labute approximate surface area is 156 Å². The van der Waals surface area contributed by atoms with Crippen LogP contribution in [0.25, 0.3) is 0 Å². The zero-order valence-corrected chi connectivity index (χ0v) is 15.6. The van der Waals surface area contributed by atoms with Crippen LogP contribution in [0.3, 0.4) is 0 Å². The summed E-state index contributed by atoms with van der Waals surface area (Å²) in [6, 6.07) is 11.6. The number of carbonyl (C=O) groups is 1. The second-order valence-corrected chi connectivity index (χ2v) is 8.01. The van der Waals surface area contributed by atoms with Gasteiger partial charge in [-0.15, -0.1) is 0 Å². The van der Waals surface area contributed by atoms with E-state index in [-0.39, 0.29) is 6.03 Å². The molecule has 4 rings (SSSR count). The van der Waals surface area contributed by atoms with Crippen molar-refractivity contribution in [1.82, 2.24) is 15.1 Å². The van der Waals surface area contributed by atoms with Gasteiger partial charge in [0.15, 0.2) is 0 Å². The predicted molar refractivity (Wildman–Crippen MR) is 102 cm³/mol. The van der Waals surface area contributed by atoms with Gasteiger partial charge in [0.05, 0.1) is 0 Å². The van der Waals surface area contributed by atoms with Gasteiger partial charge < -0.3 is 15.0 Å². The molecule has 1 N–H and O–H groups in total. The topological polar surface area (TPSA) is 44.8 Å². The first-order chi connectivity index (χ1) is 12.8. The minimum atomic E-state index is 0.0931. The second kappa shape index (κ2) is 8.40. The van der Waals surface area contributed by atoms with Crippen LogP contribution in [0.1, 0.15) is 31.2 Å². The lowest BCUT2D eigenvalue weighted by Crippen LogP contribution is -2.65. The van der Waals surface area contributed by atoms with Crippen LogP contribution in [0.2, 0.25) is 0 Å². The van der Waals surface area contributed by atoms with E-state index < -0.39 is 0 Å². The molecule has 0 unspecified atom stereocenters. The number of nitrogens with zero attached hydrogens (tertiary/aromatic N) is 2. The molecule has 0 atom stereocenters. The van der Waals surface area contributed by atoms with Gasteiger partial charge in [-0.3, -0.25) is 4.90 Å². The highest BCUT2D eigenvalue weighted by molar-refractivity contribution is 5.75. The average molecular weight is 357 g/mol. The first-order valence-electron chi connectivity index (χ1n) is 10.2. The Hall–Kier alpha value is -1.59. The quantitative estimate of drug-likeness (QED) is 0.816.